The fraction of sp³-hybridized carbons (Fsp3) is 0.385. The Morgan fingerprint density at radius 1 is 1.16 bits per heavy atom. The molecule has 37 heavy (non-hydrogen) atoms. The first kappa shape index (κ1) is 27.9. The summed E-state index contributed by atoms with van der Waals surface area (Å²) in [6, 6.07) is 11.3. The van der Waals surface area contributed by atoms with Gasteiger partial charge in [-0.3, -0.25) is 14.9 Å². The Labute approximate surface area is 213 Å². The van der Waals surface area contributed by atoms with Gasteiger partial charge in [-0.1, -0.05) is 50.6 Å². The zero-order valence-corrected chi connectivity index (χ0v) is 20.7. The molecule has 0 bridgehead atoms. The quantitative estimate of drug-likeness (QED) is 0.267. The molecule has 0 spiro atoms. The average Bonchev–Trinajstić information content (AvgIpc) is 3.29. The molecule has 11 heteroatoms. The Hall–Kier alpha value is -3.73. The number of amides is 1. The maximum absolute atomic E-state index is 13.3. The summed E-state index contributed by atoms with van der Waals surface area (Å²) in [6.07, 6.45) is -0.397. The fourth-order valence-electron chi connectivity index (χ4n) is 3.97. The maximum Gasteiger partial charge on any atom is 0.416 e. The lowest BCUT2D eigenvalue weighted by atomic mass is 9.98. The molecule has 0 aliphatic heterocycles. The van der Waals surface area contributed by atoms with E-state index in [1.165, 1.54) is 24.3 Å². The molecule has 0 radical (unpaired) electrons. The Morgan fingerprint density at radius 3 is 2.51 bits per heavy atom. The smallest absolute Gasteiger partial charge is 0.351 e. The second kappa shape index (κ2) is 12.5. The topological polar surface area (TPSA) is 102 Å². The average molecular weight is 518 g/mol. The first-order valence-electron chi connectivity index (χ1n) is 12.0. The van der Waals surface area contributed by atoms with Gasteiger partial charge in [-0.05, 0) is 23.1 Å². The molecule has 1 heterocycles. The van der Waals surface area contributed by atoms with Gasteiger partial charge in [0.15, 0.2) is 0 Å². The molecule has 0 unspecified atom stereocenters. The molecule has 1 aromatic heterocycles. The predicted molar refractivity (Wildman–Crippen MR) is 133 cm³/mol. The number of carbonyl (C=O) groups is 1. The van der Waals surface area contributed by atoms with E-state index in [1.54, 1.807) is 35.3 Å². The van der Waals surface area contributed by atoms with Crippen LogP contribution in [0.25, 0.3) is 0 Å². The monoisotopic (exact) mass is 517 g/mol. The van der Waals surface area contributed by atoms with Crippen molar-refractivity contribution in [1.82, 2.24) is 20.2 Å². The van der Waals surface area contributed by atoms with Gasteiger partial charge in [0.1, 0.15) is 0 Å². The number of non-ortho nitro benzene ring substituents is 1. The third-order valence-electron chi connectivity index (χ3n) is 6.32. The number of hydrogen-bond donors (Lipinski definition) is 2. The lowest BCUT2D eigenvalue weighted by Crippen LogP contribution is -2.46. The van der Waals surface area contributed by atoms with E-state index in [1.807, 2.05) is 13.8 Å². The molecule has 3 aromatic rings. The summed E-state index contributed by atoms with van der Waals surface area (Å²) in [6.45, 7) is 4.71. The summed E-state index contributed by atoms with van der Waals surface area (Å²) in [5.41, 5.74) is 0.977. The zero-order valence-electron chi connectivity index (χ0n) is 20.7. The molecular weight excluding hydrogens is 487 g/mol. The van der Waals surface area contributed by atoms with Crippen LogP contribution in [-0.2, 0) is 30.5 Å². The number of benzene rings is 2. The van der Waals surface area contributed by atoms with Crippen molar-refractivity contribution >= 4 is 11.6 Å². The molecule has 8 nitrogen and oxygen atoms in total. The molecule has 0 aliphatic carbocycles. The standard InChI is InChI=1S/C26H30F3N5O3/c1-3-18(2)24(15-30-13-20-6-4-5-7-23(20)26(27,28)29)32-25(35)12-22-14-31-17-33(22)16-19-8-10-21(11-9-19)34(36)37/h4-11,14,17-18,24,30H,3,12-13,15-16H2,1-2H3,(H,32,35)/t18-,24+/m0/s1. The number of imidazole rings is 1. The van der Waals surface area contributed by atoms with Gasteiger partial charge in [0.05, 0.1) is 23.2 Å². The molecule has 2 N–H and O–H groups in total. The Balaban J connectivity index is 1.60. The molecule has 2 aromatic carbocycles. The summed E-state index contributed by atoms with van der Waals surface area (Å²) >= 11 is 0. The van der Waals surface area contributed by atoms with Crippen LogP contribution in [0, 0.1) is 16.0 Å². The second-order valence-corrected chi connectivity index (χ2v) is 8.96. The van der Waals surface area contributed by atoms with Gasteiger partial charge in [0.25, 0.3) is 5.69 Å². The highest BCUT2D eigenvalue weighted by atomic mass is 19.4. The van der Waals surface area contributed by atoms with Crippen molar-refractivity contribution < 1.29 is 22.9 Å². The molecule has 3 rings (SSSR count). The fourth-order valence-corrected chi connectivity index (χ4v) is 3.97. The van der Waals surface area contributed by atoms with E-state index in [0.717, 1.165) is 18.1 Å². The van der Waals surface area contributed by atoms with E-state index in [9.17, 15) is 28.1 Å². The van der Waals surface area contributed by atoms with Crippen molar-refractivity contribution in [2.24, 2.45) is 5.92 Å². The molecule has 0 saturated heterocycles. The van der Waals surface area contributed by atoms with E-state index < -0.39 is 16.7 Å². The number of rotatable bonds is 12. The van der Waals surface area contributed by atoms with Crippen molar-refractivity contribution in [3.8, 4) is 0 Å². The molecule has 0 aliphatic rings. The van der Waals surface area contributed by atoms with E-state index in [-0.39, 0.29) is 42.1 Å². The summed E-state index contributed by atoms with van der Waals surface area (Å²) < 4.78 is 41.6. The Bertz CT molecular complexity index is 1190. The van der Waals surface area contributed by atoms with Crippen LogP contribution in [0.4, 0.5) is 18.9 Å². The maximum atomic E-state index is 13.3. The lowest BCUT2D eigenvalue weighted by Gasteiger charge is -2.25. The van der Waals surface area contributed by atoms with Crippen molar-refractivity contribution in [3.05, 3.63) is 93.6 Å². The van der Waals surface area contributed by atoms with Crippen molar-refractivity contribution in [2.75, 3.05) is 6.54 Å². The van der Waals surface area contributed by atoms with Crippen molar-refractivity contribution in [3.63, 3.8) is 0 Å². The predicted octanol–water partition coefficient (Wildman–Crippen LogP) is 4.72. The molecule has 1 amide bonds. The second-order valence-electron chi connectivity index (χ2n) is 8.96. The Morgan fingerprint density at radius 2 is 1.86 bits per heavy atom. The number of nitrogens with one attached hydrogen (secondary N) is 2. The van der Waals surface area contributed by atoms with Gasteiger partial charge in [-0.25, -0.2) is 4.98 Å². The van der Waals surface area contributed by atoms with Crippen LogP contribution in [0.5, 0.6) is 0 Å². The molecule has 198 valence electrons. The number of halogens is 3. The normalized spacial score (nSPS) is 13.2. The number of nitrogens with zero attached hydrogens (tertiary/aromatic N) is 3. The van der Waals surface area contributed by atoms with Gasteiger partial charge >= 0.3 is 6.18 Å². The number of nitro groups is 1. The van der Waals surface area contributed by atoms with Crippen LogP contribution >= 0.6 is 0 Å². The third-order valence-corrected chi connectivity index (χ3v) is 6.32. The minimum absolute atomic E-state index is 0.000530. The molecular formula is C26H30F3N5O3. The Kier molecular flexibility index (Phi) is 9.40. The van der Waals surface area contributed by atoms with Crippen molar-refractivity contribution in [2.45, 2.75) is 52.0 Å². The number of alkyl halides is 3. The van der Waals surface area contributed by atoms with Crippen LogP contribution in [0.3, 0.4) is 0 Å². The van der Waals surface area contributed by atoms with Gasteiger partial charge in [-0.2, -0.15) is 13.2 Å². The van der Waals surface area contributed by atoms with Gasteiger partial charge < -0.3 is 15.2 Å². The van der Waals surface area contributed by atoms with Crippen molar-refractivity contribution in [1.29, 1.82) is 0 Å². The van der Waals surface area contributed by atoms with Crippen LogP contribution < -0.4 is 10.6 Å². The highest BCUT2D eigenvalue weighted by Gasteiger charge is 2.32. The lowest BCUT2D eigenvalue weighted by molar-refractivity contribution is -0.384. The van der Waals surface area contributed by atoms with Crippen LogP contribution in [0.15, 0.2) is 61.1 Å². The van der Waals surface area contributed by atoms with Crippen LogP contribution in [-0.4, -0.2) is 33.0 Å². The largest absolute Gasteiger partial charge is 0.416 e. The zero-order chi connectivity index (χ0) is 27.0. The van der Waals surface area contributed by atoms with E-state index in [4.69, 9.17) is 0 Å². The highest BCUT2D eigenvalue weighted by molar-refractivity contribution is 5.78. The summed E-state index contributed by atoms with van der Waals surface area (Å²) in [7, 11) is 0. The summed E-state index contributed by atoms with van der Waals surface area (Å²) in [5, 5.41) is 16.9. The van der Waals surface area contributed by atoms with Gasteiger partial charge in [0, 0.05) is 49.7 Å². The first-order chi connectivity index (χ1) is 17.6. The number of aromatic nitrogens is 2. The molecule has 0 fully saturated rings. The molecule has 2 atom stereocenters. The summed E-state index contributed by atoms with van der Waals surface area (Å²) in [5.74, 6) is -0.132. The number of hydrogen-bond acceptors (Lipinski definition) is 5. The number of carbonyl (C=O) groups excluding carboxylic acids is 1. The minimum Gasteiger partial charge on any atom is -0.351 e. The van der Waals surface area contributed by atoms with E-state index in [2.05, 4.69) is 15.6 Å². The SMILES string of the molecule is CC[C@H](C)[C@@H](CNCc1ccccc1C(F)(F)F)NC(=O)Cc1cncn1Cc1ccc([N+](=O)[O-])cc1. The van der Waals surface area contributed by atoms with Crippen LogP contribution in [0.1, 0.15) is 42.7 Å². The number of nitro benzene ring substituents is 1. The van der Waals surface area contributed by atoms with Crippen LogP contribution in [0.2, 0.25) is 0 Å². The third kappa shape index (κ3) is 7.88. The van der Waals surface area contributed by atoms with E-state index >= 15 is 0 Å². The molecule has 0 saturated carbocycles. The first-order valence-corrected chi connectivity index (χ1v) is 12.0. The van der Waals surface area contributed by atoms with Gasteiger partial charge in [0.2, 0.25) is 5.91 Å². The summed E-state index contributed by atoms with van der Waals surface area (Å²) in [4.78, 5) is 27.4. The van der Waals surface area contributed by atoms with Gasteiger partial charge in [-0.15, -0.1) is 0 Å². The minimum atomic E-state index is -4.43. The highest BCUT2D eigenvalue weighted by Crippen LogP contribution is 2.31. The van der Waals surface area contributed by atoms with E-state index in [0.29, 0.717) is 18.8 Å².